The lowest BCUT2D eigenvalue weighted by Gasteiger charge is -2.59. The van der Waals surface area contributed by atoms with Crippen molar-refractivity contribution < 1.29 is 13.2 Å². The van der Waals surface area contributed by atoms with Gasteiger partial charge in [-0.3, -0.25) is 4.79 Å². The number of hydrogen-bond donors (Lipinski definition) is 1. The maximum atomic E-state index is 13.3. The Kier molecular flexibility index (Phi) is 4.97. The highest BCUT2D eigenvalue weighted by atomic mass is 35.5. The Hall–Kier alpha value is -1.15. The van der Waals surface area contributed by atoms with Gasteiger partial charge in [0.05, 0.1) is 10.3 Å². The van der Waals surface area contributed by atoms with Crippen LogP contribution in [0.25, 0.3) is 0 Å². The molecule has 8 heteroatoms. The number of sulfonamides is 1. The number of carbonyl (C=O) groups is 1. The van der Waals surface area contributed by atoms with Crippen molar-refractivity contribution in [1.29, 1.82) is 0 Å². The van der Waals surface area contributed by atoms with Crippen molar-refractivity contribution in [3.05, 3.63) is 24.3 Å². The average molecular weight is 452 g/mol. The van der Waals surface area contributed by atoms with E-state index in [0.29, 0.717) is 30.6 Å². The third-order valence-corrected chi connectivity index (χ3v) is 10.0. The van der Waals surface area contributed by atoms with Gasteiger partial charge >= 0.3 is 0 Å². The van der Waals surface area contributed by atoms with Gasteiger partial charge in [0.25, 0.3) is 0 Å². The normalized spacial score (nSPS) is 36.7. The molecule has 1 aliphatic heterocycles. The van der Waals surface area contributed by atoms with Crippen LogP contribution in [0.2, 0.25) is 0 Å². The van der Waals surface area contributed by atoms with Gasteiger partial charge in [-0.2, -0.15) is 4.31 Å². The van der Waals surface area contributed by atoms with Crippen molar-refractivity contribution in [3.63, 3.8) is 0 Å². The van der Waals surface area contributed by atoms with Gasteiger partial charge < -0.3 is 10.2 Å². The van der Waals surface area contributed by atoms with E-state index in [1.54, 1.807) is 24.3 Å². The van der Waals surface area contributed by atoms with E-state index in [1.807, 2.05) is 7.05 Å². The zero-order chi connectivity index (χ0) is 21.1. The Morgan fingerprint density at radius 2 is 1.63 bits per heavy atom. The molecule has 1 aromatic carbocycles. The van der Waals surface area contributed by atoms with E-state index in [2.05, 4.69) is 10.2 Å². The summed E-state index contributed by atoms with van der Waals surface area (Å²) in [6, 6.07) is 6.62. The topological polar surface area (TPSA) is 69.7 Å². The fraction of sp³-hybridized carbons (Fsp3) is 0.682. The highest BCUT2D eigenvalue weighted by Gasteiger charge is 2.60. The number of amides is 1. The van der Waals surface area contributed by atoms with Crippen LogP contribution in [0.5, 0.6) is 0 Å². The quantitative estimate of drug-likeness (QED) is 0.714. The summed E-state index contributed by atoms with van der Waals surface area (Å²) in [7, 11) is -1.50. The van der Waals surface area contributed by atoms with E-state index < -0.39 is 10.0 Å². The molecule has 2 unspecified atom stereocenters. The highest BCUT2D eigenvalue weighted by molar-refractivity contribution is 7.89. The number of nitrogens with one attached hydrogen (secondary N) is 1. The molecule has 0 spiro atoms. The Labute approximate surface area is 184 Å². The minimum absolute atomic E-state index is 0.0521. The SMILES string of the molecule is CN1CCN(S(=O)(=O)c2ccc(NC(=O)C34CC5CC(CC(Cl)(C5)C3)C4)cc2)CC1. The molecule has 1 aromatic rings. The van der Waals surface area contributed by atoms with E-state index in [0.717, 1.165) is 45.2 Å². The molecule has 1 heterocycles. The molecule has 4 bridgehead atoms. The van der Waals surface area contributed by atoms with E-state index in [9.17, 15) is 13.2 Å². The number of nitrogens with zero attached hydrogens (tertiary/aromatic N) is 2. The summed E-state index contributed by atoms with van der Waals surface area (Å²) in [5.41, 5.74) is 0.285. The molecule has 4 aliphatic carbocycles. The maximum Gasteiger partial charge on any atom is 0.243 e. The molecule has 5 aliphatic rings. The van der Waals surface area contributed by atoms with E-state index >= 15 is 0 Å². The van der Waals surface area contributed by atoms with Gasteiger partial charge in [0, 0.05) is 36.7 Å². The van der Waals surface area contributed by atoms with Crippen LogP contribution in [0, 0.1) is 17.3 Å². The molecule has 0 aromatic heterocycles. The third-order valence-electron chi connectivity index (χ3n) is 7.68. The van der Waals surface area contributed by atoms with Crippen LogP contribution in [-0.2, 0) is 14.8 Å². The first-order valence-corrected chi connectivity index (χ1v) is 12.8. The molecule has 0 radical (unpaired) electrons. The largest absolute Gasteiger partial charge is 0.326 e. The van der Waals surface area contributed by atoms with Gasteiger partial charge in [-0.15, -0.1) is 11.6 Å². The van der Waals surface area contributed by atoms with Gasteiger partial charge in [-0.05, 0) is 81.7 Å². The molecule has 4 saturated carbocycles. The lowest BCUT2D eigenvalue weighted by Crippen LogP contribution is -2.57. The summed E-state index contributed by atoms with van der Waals surface area (Å²) < 4.78 is 27.3. The number of rotatable bonds is 4. The maximum absolute atomic E-state index is 13.3. The van der Waals surface area contributed by atoms with Crippen molar-refractivity contribution in [2.24, 2.45) is 17.3 Å². The highest BCUT2D eigenvalue weighted by Crippen LogP contribution is 2.64. The Balaban J connectivity index is 1.29. The first-order valence-electron chi connectivity index (χ1n) is 11.0. The van der Waals surface area contributed by atoms with Crippen molar-refractivity contribution >= 4 is 33.2 Å². The number of piperazine rings is 1. The van der Waals surface area contributed by atoms with Crippen molar-refractivity contribution in [2.75, 3.05) is 38.5 Å². The second kappa shape index (κ2) is 7.19. The molecular weight excluding hydrogens is 422 g/mol. The number of benzene rings is 1. The molecule has 5 fully saturated rings. The van der Waals surface area contributed by atoms with Crippen LogP contribution < -0.4 is 5.32 Å². The zero-order valence-corrected chi connectivity index (χ0v) is 19.0. The van der Waals surface area contributed by atoms with Crippen LogP contribution in [-0.4, -0.2) is 61.6 Å². The predicted molar refractivity (Wildman–Crippen MR) is 117 cm³/mol. The number of hydrogen-bond acceptors (Lipinski definition) is 4. The average Bonchev–Trinajstić information content (AvgIpc) is 2.67. The number of likely N-dealkylation sites (N-methyl/N-ethyl adjacent to an activating group) is 1. The number of halogens is 1. The summed E-state index contributed by atoms with van der Waals surface area (Å²) in [6.45, 7) is 2.48. The standard InChI is InChI=1S/C22H30ClN3O3S/c1-25-6-8-26(9-7-25)30(28,29)19-4-2-18(3-5-19)24-20(27)21-11-16-10-17(12-21)14-22(23,13-16)15-21/h2-5,16-17H,6-15H2,1H3,(H,24,27). The minimum atomic E-state index is -3.50. The summed E-state index contributed by atoms with van der Waals surface area (Å²) in [4.78, 5) is 15.5. The summed E-state index contributed by atoms with van der Waals surface area (Å²) >= 11 is 6.87. The Morgan fingerprint density at radius 1 is 1.03 bits per heavy atom. The lowest BCUT2D eigenvalue weighted by atomic mass is 9.49. The van der Waals surface area contributed by atoms with Gasteiger partial charge in [0.15, 0.2) is 0 Å². The molecular formula is C22H30ClN3O3S. The Bertz CT molecular complexity index is 927. The summed E-state index contributed by atoms with van der Waals surface area (Å²) in [6.07, 6.45) is 5.91. The predicted octanol–water partition coefficient (Wildman–Crippen LogP) is 3.14. The summed E-state index contributed by atoms with van der Waals surface area (Å²) in [5, 5.41) is 3.07. The van der Waals surface area contributed by atoms with Gasteiger partial charge in [-0.1, -0.05) is 0 Å². The van der Waals surface area contributed by atoms with Gasteiger partial charge in [0.2, 0.25) is 15.9 Å². The molecule has 1 amide bonds. The van der Waals surface area contributed by atoms with Crippen molar-refractivity contribution in [1.82, 2.24) is 9.21 Å². The molecule has 164 valence electrons. The fourth-order valence-electron chi connectivity index (χ4n) is 6.57. The second-order valence-corrected chi connectivity index (χ2v) is 12.8. The van der Waals surface area contributed by atoms with Crippen LogP contribution in [0.3, 0.4) is 0 Å². The van der Waals surface area contributed by atoms with Crippen LogP contribution in [0.4, 0.5) is 5.69 Å². The molecule has 6 nitrogen and oxygen atoms in total. The smallest absolute Gasteiger partial charge is 0.243 e. The van der Waals surface area contributed by atoms with Gasteiger partial charge in [0.1, 0.15) is 0 Å². The molecule has 2 atom stereocenters. The van der Waals surface area contributed by atoms with Crippen molar-refractivity contribution in [2.45, 2.75) is 48.3 Å². The minimum Gasteiger partial charge on any atom is -0.326 e. The first kappa shape index (κ1) is 20.7. The zero-order valence-electron chi connectivity index (χ0n) is 17.4. The van der Waals surface area contributed by atoms with Gasteiger partial charge in [-0.25, -0.2) is 8.42 Å². The molecule has 30 heavy (non-hydrogen) atoms. The number of alkyl halides is 1. The molecule has 1 saturated heterocycles. The second-order valence-electron chi connectivity index (χ2n) is 10.1. The molecule has 6 rings (SSSR count). The van der Waals surface area contributed by atoms with Crippen molar-refractivity contribution in [3.8, 4) is 0 Å². The monoisotopic (exact) mass is 451 g/mol. The van der Waals surface area contributed by atoms with E-state index in [4.69, 9.17) is 11.6 Å². The molecule has 1 N–H and O–H groups in total. The van der Waals surface area contributed by atoms with E-state index in [1.165, 1.54) is 10.7 Å². The fourth-order valence-corrected chi connectivity index (χ4v) is 8.68. The van der Waals surface area contributed by atoms with Crippen LogP contribution in [0.1, 0.15) is 38.5 Å². The number of carbonyl (C=O) groups excluding carboxylic acids is 1. The van der Waals surface area contributed by atoms with E-state index in [-0.39, 0.29) is 21.1 Å². The van der Waals surface area contributed by atoms with Crippen LogP contribution >= 0.6 is 11.6 Å². The number of anilines is 1. The summed E-state index contributed by atoms with van der Waals surface area (Å²) in [5.74, 6) is 1.17. The Morgan fingerprint density at radius 3 is 2.20 bits per heavy atom. The third kappa shape index (κ3) is 3.57. The lowest BCUT2D eigenvalue weighted by molar-refractivity contribution is -0.138. The van der Waals surface area contributed by atoms with Crippen LogP contribution in [0.15, 0.2) is 29.2 Å². The first-order chi connectivity index (χ1) is 14.2.